The van der Waals surface area contributed by atoms with Crippen molar-refractivity contribution in [1.82, 2.24) is 0 Å². The van der Waals surface area contributed by atoms with Gasteiger partial charge in [0.1, 0.15) is 5.75 Å². The number of allylic oxidation sites excluding steroid dienone is 2. The highest BCUT2D eigenvalue weighted by Gasteiger charge is 2.22. The summed E-state index contributed by atoms with van der Waals surface area (Å²) < 4.78 is 10.2. The number of rotatable bonds is 7. The number of nitrogens with one attached hydrogen (secondary N) is 1. The van der Waals surface area contributed by atoms with Crippen LogP contribution in [-0.2, 0) is 14.3 Å². The fraction of sp³-hybridized carbons (Fsp3) is 0.412. The molecule has 0 bridgehead atoms. The number of nitrogens with zero attached hydrogens (tertiary/aromatic N) is 1. The lowest BCUT2D eigenvalue weighted by Crippen LogP contribution is -2.30. The first-order chi connectivity index (χ1) is 11.9. The first-order valence-corrected chi connectivity index (χ1v) is 7.90. The summed E-state index contributed by atoms with van der Waals surface area (Å²) in [6.07, 6.45) is 5.04. The van der Waals surface area contributed by atoms with Crippen molar-refractivity contribution < 1.29 is 24.0 Å². The number of anilines is 1. The lowest BCUT2D eigenvalue weighted by molar-refractivity contribution is -0.384. The Bertz CT molecular complexity index is 700. The van der Waals surface area contributed by atoms with Crippen molar-refractivity contribution in [3.05, 3.63) is 40.5 Å². The van der Waals surface area contributed by atoms with Crippen LogP contribution >= 0.6 is 0 Å². The second-order valence-electron chi connectivity index (χ2n) is 5.73. The van der Waals surface area contributed by atoms with E-state index in [2.05, 4.69) is 5.32 Å². The molecule has 134 valence electrons. The normalized spacial score (nSPS) is 17.0. The van der Waals surface area contributed by atoms with Crippen LogP contribution < -0.4 is 10.1 Å². The van der Waals surface area contributed by atoms with Gasteiger partial charge < -0.3 is 14.8 Å². The number of non-ortho nitro benzene ring substituents is 1. The fourth-order valence-corrected chi connectivity index (χ4v) is 2.52. The van der Waals surface area contributed by atoms with E-state index < -0.39 is 22.9 Å². The van der Waals surface area contributed by atoms with Crippen molar-refractivity contribution in [2.24, 2.45) is 5.92 Å². The molecule has 1 N–H and O–H groups in total. The number of ether oxygens (including phenoxy) is 2. The van der Waals surface area contributed by atoms with E-state index in [9.17, 15) is 19.7 Å². The van der Waals surface area contributed by atoms with E-state index >= 15 is 0 Å². The van der Waals surface area contributed by atoms with Crippen molar-refractivity contribution in [1.29, 1.82) is 0 Å². The first-order valence-electron chi connectivity index (χ1n) is 7.90. The molecule has 1 aromatic carbocycles. The lowest BCUT2D eigenvalue weighted by Gasteiger charge is -2.16. The molecule has 8 nitrogen and oxygen atoms in total. The number of amides is 1. The number of benzene rings is 1. The van der Waals surface area contributed by atoms with E-state index in [1.165, 1.54) is 32.2 Å². The predicted molar refractivity (Wildman–Crippen MR) is 90.3 cm³/mol. The molecule has 1 aromatic rings. The highest BCUT2D eigenvalue weighted by molar-refractivity contribution is 5.96. The molecule has 1 aliphatic carbocycles. The van der Waals surface area contributed by atoms with Crippen LogP contribution in [0.2, 0.25) is 0 Å². The third kappa shape index (κ3) is 5.03. The molecule has 0 radical (unpaired) electrons. The second-order valence-corrected chi connectivity index (χ2v) is 5.73. The van der Waals surface area contributed by atoms with E-state index in [1.807, 2.05) is 12.2 Å². The largest absolute Gasteiger partial charge is 0.495 e. The minimum Gasteiger partial charge on any atom is -0.495 e. The van der Waals surface area contributed by atoms with E-state index in [4.69, 9.17) is 9.47 Å². The van der Waals surface area contributed by atoms with Gasteiger partial charge in [-0.25, -0.2) is 0 Å². The van der Waals surface area contributed by atoms with Crippen LogP contribution in [0.15, 0.2) is 30.4 Å². The minimum absolute atomic E-state index is 0.142. The molecule has 25 heavy (non-hydrogen) atoms. The summed E-state index contributed by atoms with van der Waals surface area (Å²) in [5.74, 6) is -0.618. The van der Waals surface area contributed by atoms with Crippen LogP contribution in [0, 0.1) is 16.0 Å². The predicted octanol–water partition coefficient (Wildman–Crippen LogP) is 2.83. The quantitative estimate of drug-likeness (QED) is 0.351. The molecule has 2 rings (SSSR count). The third-order valence-corrected chi connectivity index (χ3v) is 3.87. The Hall–Kier alpha value is -2.90. The van der Waals surface area contributed by atoms with E-state index in [0.717, 1.165) is 12.8 Å². The molecule has 0 saturated carbocycles. The zero-order chi connectivity index (χ0) is 18.4. The maximum absolute atomic E-state index is 12.2. The maximum Gasteiger partial charge on any atom is 0.307 e. The second kappa shape index (κ2) is 8.27. The average molecular weight is 348 g/mol. The van der Waals surface area contributed by atoms with Crippen molar-refractivity contribution in [2.45, 2.75) is 32.3 Å². The molecule has 1 aliphatic rings. The molecule has 0 aromatic heterocycles. The van der Waals surface area contributed by atoms with Gasteiger partial charge in [0.25, 0.3) is 11.6 Å². The van der Waals surface area contributed by atoms with Gasteiger partial charge in [-0.15, -0.1) is 0 Å². The Balaban J connectivity index is 1.98. The number of hydrogen-bond acceptors (Lipinski definition) is 6. The van der Waals surface area contributed by atoms with Crippen LogP contribution in [-0.4, -0.2) is 30.0 Å². The summed E-state index contributed by atoms with van der Waals surface area (Å²) in [5.41, 5.74) is -0.0444. The summed E-state index contributed by atoms with van der Waals surface area (Å²) in [6.45, 7) is 1.45. The molecule has 0 unspecified atom stereocenters. The topological polar surface area (TPSA) is 108 Å². The summed E-state index contributed by atoms with van der Waals surface area (Å²) in [7, 11) is 1.38. The van der Waals surface area contributed by atoms with Gasteiger partial charge in [-0.3, -0.25) is 19.7 Å². The van der Waals surface area contributed by atoms with Crippen molar-refractivity contribution in [2.75, 3.05) is 12.4 Å². The van der Waals surface area contributed by atoms with Crippen molar-refractivity contribution in [3.63, 3.8) is 0 Å². The standard InChI is InChI=1S/C17H20N2O6/c1-11(25-16(20)9-12-5-3-4-6-12)17(21)18-14-10-13(19(22)23)7-8-15(14)24-2/h3,5,7-8,10-12H,4,6,9H2,1-2H3,(H,18,21)/t11-,12+/m1/s1. The number of esters is 1. The van der Waals surface area contributed by atoms with Gasteiger partial charge >= 0.3 is 5.97 Å². The molecule has 0 heterocycles. The Morgan fingerprint density at radius 3 is 2.80 bits per heavy atom. The van der Waals surface area contributed by atoms with Gasteiger partial charge in [0.15, 0.2) is 6.10 Å². The molecule has 1 amide bonds. The van der Waals surface area contributed by atoms with Gasteiger partial charge in [0.2, 0.25) is 0 Å². The Kier molecular flexibility index (Phi) is 6.10. The molecule has 8 heteroatoms. The molecular formula is C17H20N2O6. The molecule has 0 aliphatic heterocycles. The number of nitro benzene ring substituents is 1. The Morgan fingerprint density at radius 1 is 1.44 bits per heavy atom. The SMILES string of the molecule is COc1ccc([N+](=O)[O-])cc1NC(=O)[C@@H](C)OC(=O)C[C@H]1C=CCC1. The van der Waals surface area contributed by atoms with Crippen LogP contribution in [0.1, 0.15) is 26.2 Å². The van der Waals surface area contributed by atoms with E-state index in [-0.39, 0.29) is 29.5 Å². The molecule has 2 atom stereocenters. The highest BCUT2D eigenvalue weighted by Crippen LogP contribution is 2.29. The number of hydrogen-bond donors (Lipinski definition) is 1. The third-order valence-electron chi connectivity index (χ3n) is 3.87. The van der Waals surface area contributed by atoms with Crippen molar-refractivity contribution in [3.8, 4) is 5.75 Å². The van der Waals surface area contributed by atoms with Crippen LogP contribution in [0.5, 0.6) is 5.75 Å². The van der Waals surface area contributed by atoms with Gasteiger partial charge in [-0.1, -0.05) is 12.2 Å². The monoisotopic (exact) mass is 348 g/mol. The van der Waals surface area contributed by atoms with Crippen LogP contribution in [0.3, 0.4) is 0 Å². The van der Waals surface area contributed by atoms with Crippen LogP contribution in [0.4, 0.5) is 11.4 Å². The van der Waals surface area contributed by atoms with Gasteiger partial charge in [-0.05, 0) is 31.7 Å². The smallest absolute Gasteiger partial charge is 0.307 e. The minimum atomic E-state index is -1.03. The van der Waals surface area contributed by atoms with E-state index in [0.29, 0.717) is 0 Å². The summed E-state index contributed by atoms with van der Waals surface area (Å²) in [6, 6.07) is 3.85. The van der Waals surface area contributed by atoms with Gasteiger partial charge in [0, 0.05) is 12.1 Å². The van der Waals surface area contributed by atoms with E-state index in [1.54, 1.807) is 0 Å². The number of methoxy groups -OCH3 is 1. The maximum atomic E-state index is 12.2. The zero-order valence-corrected chi connectivity index (χ0v) is 14.1. The fourth-order valence-electron chi connectivity index (χ4n) is 2.52. The Labute approximate surface area is 145 Å². The lowest BCUT2D eigenvalue weighted by atomic mass is 10.1. The molecular weight excluding hydrogens is 328 g/mol. The molecule has 0 spiro atoms. The summed E-state index contributed by atoms with van der Waals surface area (Å²) in [4.78, 5) is 34.4. The van der Waals surface area contributed by atoms with Gasteiger partial charge in [-0.2, -0.15) is 0 Å². The Morgan fingerprint density at radius 2 is 2.20 bits per heavy atom. The summed E-state index contributed by atoms with van der Waals surface area (Å²) >= 11 is 0. The number of carbonyl (C=O) groups excluding carboxylic acids is 2. The first kappa shape index (κ1) is 18.4. The number of nitro groups is 1. The van der Waals surface area contributed by atoms with Crippen molar-refractivity contribution >= 4 is 23.3 Å². The zero-order valence-electron chi connectivity index (χ0n) is 14.1. The van der Waals surface area contributed by atoms with Crippen LogP contribution in [0.25, 0.3) is 0 Å². The summed E-state index contributed by atoms with van der Waals surface area (Å²) in [5, 5.41) is 13.4. The molecule has 0 saturated heterocycles. The number of carbonyl (C=O) groups is 2. The molecule has 0 fully saturated rings. The highest BCUT2D eigenvalue weighted by atomic mass is 16.6. The average Bonchev–Trinajstić information content (AvgIpc) is 3.07. The van der Waals surface area contributed by atoms with Gasteiger partial charge in [0.05, 0.1) is 24.1 Å².